The summed E-state index contributed by atoms with van der Waals surface area (Å²) in [6.07, 6.45) is 1.77. The van der Waals surface area contributed by atoms with Crippen LogP contribution in [0.3, 0.4) is 0 Å². The highest BCUT2D eigenvalue weighted by molar-refractivity contribution is 6.29. The molecule has 0 aliphatic heterocycles. The normalized spacial score (nSPS) is 11.4. The zero-order valence-electron chi connectivity index (χ0n) is 11.5. The molecule has 2 heterocycles. The number of carboxylic acid groups (broad SMARTS) is 1. The molecule has 112 valence electrons. The number of hydrogen-bond acceptors (Lipinski definition) is 5. The van der Waals surface area contributed by atoms with Crippen LogP contribution in [0.5, 0.6) is 0 Å². The summed E-state index contributed by atoms with van der Waals surface area (Å²) in [6, 6.07) is 0. The summed E-state index contributed by atoms with van der Waals surface area (Å²) in [5.74, 6) is -1.27. The number of nitrogens with one attached hydrogen (secondary N) is 1. The van der Waals surface area contributed by atoms with Gasteiger partial charge in [0.2, 0.25) is 0 Å². The highest BCUT2D eigenvalue weighted by Crippen LogP contribution is 2.22. The highest BCUT2D eigenvalue weighted by Gasteiger charge is 2.22. The van der Waals surface area contributed by atoms with Gasteiger partial charge in [-0.3, -0.25) is 5.32 Å². The average Bonchev–Trinajstić information content (AvgIpc) is 2.65. The lowest BCUT2D eigenvalue weighted by Gasteiger charge is -2.20. The summed E-state index contributed by atoms with van der Waals surface area (Å²) in [7, 11) is 0. The van der Waals surface area contributed by atoms with Gasteiger partial charge >= 0.3 is 12.1 Å². The van der Waals surface area contributed by atoms with Crippen molar-refractivity contribution in [2.45, 2.75) is 26.4 Å². The lowest BCUT2D eigenvalue weighted by atomic mass is 10.2. The molecule has 0 radical (unpaired) electrons. The molecule has 9 heteroatoms. The second kappa shape index (κ2) is 5.21. The predicted molar refractivity (Wildman–Crippen MR) is 74.8 cm³/mol. The van der Waals surface area contributed by atoms with Crippen molar-refractivity contribution in [3.8, 4) is 0 Å². The molecule has 2 N–H and O–H groups in total. The largest absolute Gasteiger partial charge is 0.477 e. The molecule has 0 unspecified atom stereocenters. The van der Waals surface area contributed by atoms with E-state index in [2.05, 4.69) is 15.4 Å². The van der Waals surface area contributed by atoms with Crippen molar-refractivity contribution in [3.63, 3.8) is 0 Å². The van der Waals surface area contributed by atoms with Crippen molar-refractivity contribution in [1.29, 1.82) is 0 Å². The van der Waals surface area contributed by atoms with Gasteiger partial charge < -0.3 is 9.84 Å². The number of anilines is 1. The highest BCUT2D eigenvalue weighted by atomic mass is 35.5. The minimum atomic E-state index is -1.27. The van der Waals surface area contributed by atoms with E-state index in [1.54, 1.807) is 20.8 Å². The molecule has 0 bridgehead atoms. The third kappa shape index (κ3) is 3.40. The zero-order chi connectivity index (χ0) is 15.8. The Balaban J connectivity index is 2.42. The minimum absolute atomic E-state index is 0.0217. The molecule has 8 nitrogen and oxygen atoms in total. The van der Waals surface area contributed by atoms with Crippen molar-refractivity contribution in [1.82, 2.24) is 14.6 Å². The molecular weight excluding hydrogens is 300 g/mol. The van der Waals surface area contributed by atoms with Crippen LogP contribution in [0, 0.1) is 0 Å². The number of nitrogens with zero attached hydrogens (tertiary/aromatic N) is 3. The molecular formula is C12H13ClN4O4. The molecule has 21 heavy (non-hydrogen) atoms. The quantitative estimate of drug-likeness (QED) is 0.882. The first kappa shape index (κ1) is 15.0. The van der Waals surface area contributed by atoms with E-state index in [4.69, 9.17) is 16.3 Å². The number of carbonyl (C=O) groups excluding carboxylic acids is 1. The van der Waals surface area contributed by atoms with Crippen molar-refractivity contribution in [2.75, 3.05) is 5.32 Å². The molecule has 1 amide bonds. The third-order valence-electron chi connectivity index (χ3n) is 2.31. The fraction of sp³-hybridized carbons (Fsp3) is 0.333. The van der Waals surface area contributed by atoms with Gasteiger partial charge in [0, 0.05) is 0 Å². The molecule has 0 aliphatic carbocycles. The van der Waals surface area contributed by atoms with Crippen LogP contribution < -0.4 is 5.32 Å². The maximum absolute atomic E-state index is 11.7. The SMILES string of the molecule is CC(C)(C)OC(=O)Nc1cnn2cc(Cl)nc2c1C(=O)O. The number of aromatic nitrogens is 3. The van der Waals surface area contributed by atoms with Gasteiger partial charge in [-0.25, -0.2) is 19.1 Å². The van der Waals surface area contributed by atoms with E-state index in [9.17, 15) is 14.7 Å². The molecule has 2 rings (SSSR count). The van der Waals surface area contributed by atoms with Gasteiger partial charge in [-0.05, 0) is 20.8 Å². The Labute approximate surface area is 124 Å². The predicted octanol–water partition coefficient (Wildman–Crippen LogP) is 2.43. The number of carboxylic acids is 1. The second-order valence-corrected chi connectivity index (χ2v) is 5.58. The van der Waals surface area contributed by atoms with E-state index in [1.165, 1.54) is 16.9 Å². The number of carbonyl (C=O) groups is 2. The van der Waals surface area contributed by atoms with Crippen LogP contribution >= 0.6 is 11.6 Å². The van der Waals surface area contributed by atoms with E-state index < -0.39 is 17.7 Å². The van der Waals surface area contributed by atoms with Crippen LogP contribution in [0.2, 0.25) is 5.15 Å². The van der Waals surface area contributed by atoms with Crippen LogP contribution in [0.1, 0.15) is 31.1 Å². The van der Waals surface area contributed by atoms with Crippen LogP contribution in [0.15, 0.2) is 12.4 Å². The molecule has 2 aromatic heterocycles. The van der Waals surface area contributed by atoms with Gasteiger partial charge in [0.05, 0.1) is 18.1 Å². The Kier molecular flexibility index (Phi) is 3.73. The molecule has 0 spiro atoms. The molecule has 0 atom stereocenters. The van der Waals surface area contributed by atoms with Gasteiger partial charge in [-0.15, -0.1) is 0 Å². The monoisotopic (exact) mass is 312 g/mol. The fourth-order valence-corrected chi connectivity index (χ4v) is 1.80. The average molecular weight is 313 g/mol. The standard InChI is InChI=1S/C12H13ClN4O4/c1-12(2,3)21-11(20)15-6-4-14-17-5-7(13)16-9(17)8(6)10(18)19/h4-5H,1-3H3,(H,15,20)(H,18,19). The van der Waals surface area contributed by atoms with E-state index in [0.717, 1.165) is 0 Å². The van der Waals surface area contributed by atoms with Gasteiger partial charge in [0.1, 0.15) is 16.3 Å². The number of aromatic carboxylic acids is 1. The number of rotatable bonds is 2. The lowest BCUT2D eigenvalue weighted by Crippen LogP contribution is -2.28. The smallest absolute Gasteiger partial charge is 0.412 e. The molecule has 0 saturated heterocycles. The maximum atomic E-state index is 11.7. The summed E-state index contributed by atoms with van der Waals surface area (Å²) >= 11 is 5.73. The number of amides is 1. The topological polar surface area (TPSA) is 106 Å². The van der Waals surface area contributed by atoms with Gasteiger partial charge in [-0.2, -0.15) is 5.10 Å². The van der Waals surface area contributed by atoms with Crippen LogP contribution in [-0.4, -0.2) is 37.4 Å². The zero-order valence-corrected chi connectivity index (χ0v) is 12.3. The molecule has 0 saturated carbocycles. The Bertz CT molecular complexity index is 720. The summed E-state index contributed by atoms with van der Waals surface area (Å²) in [5.41, 5.74) is -0.919. The number of imidazole rings is 1. The van der Waals surface area contributed by atoms with Crippen molar-refractivity contribution >= 4 is 35.0 Å². The first-order chi connectivity index (χ1) is 9.67. The Morgan fingerprint density at radius 2 is 2.10 bits per heavy atom. The van der Waals surface area contributed by atoms with Gasteiger partial charge in [-0.1, -0.05) is 11.6 Å². The second-order valence-electron chi connectivity index (χ2n) is 5.20. The number of fused-ring (bicyclic) bond motifs is 1. The summed E-state index contributed by atoms with van der Waals surface area (Å²) in [6.45, 7) is 5.08. The van der Waals surface area contributed by atoms with Crippen LogP contribution in [0.25, 0.3) is 5.65 Å². The molecule has 0 aromatic carbocycles. The number of ether oxygens (including phenoxy) is 1. The van der Waals surface area contributed by atoms with Crippen LogP contribution in [-0.2, 0) is 4.74 Å². The van der Waals surface area contributed by atoms with Crippen molar-refractivity contribution in [3.05, 3.63) is 23.1 Å². The van der Waals surface area contributed by atoms with E-state index >= 15 is 0 Å². The van der Waals surface area contributed by atoms with Gasteiger partial charge in [0.15, 0.2) is 5.65 Å². The van der Waals surface area contributed by atoms with Crippen molar-refractivity contribution in [2.24, 2.45) is 0 Å². The molecule has 0 aliphatic rings. The number of hydrogen-bond donors (Lipinski definition) is 2. The van der Waals surface area contributed by atoms with Crippen molar-refractivity contribution < 1.29 is 19.4 Å². The summed E-state index contributed by atoms with van der Waals surface area (Å²) in [4.78, 5) is 27.0. The molecule has 0 fully saturated rings. The summed E-state index contributed by atoms with van der Waals surface area (Å²) in [5, 5.41) is 15.7. The number of halogens is 1. The van der Waals surface area contributed by atoms with E-state index in [-0.39, 0.29) is 22.1 Å². The fourth-order valence-electron chi connectivity index (χ4n) is 1.63. The first-order valence-electron chi connectivity index (χ1n) is 5.94. The third-order valence-corrected chi connectivity index (χ3v) is 2.49. The Morgan fingerprint density at radius 1 is 1.43 bits per heavy atom. The van der Waals surface area contributed by atoms with E-state index in [1.807, 2.05) is 0 Å². The maximum Gasteiger partial charge on any atom is 0.412 e. The first-order valence-corrected chi connectivity index (χ1v) is 6.32. The minimum Gasteiger partial charge on any atom is -0.477 e. The van der Waals surface area contributed by atoms with Gasteiger partial charge in [0.25, 0.3) is 0 Å². The summed E-state index contributed by atoms with van der Waals surface area (Å²) < 4.78 is 6.28. The lowest BCUT2D eigenvalue weighted by molar-refractivity contribution is 0.0636. The Morgan fingerprint density at radius 3 is 2.67 bits per heavy atom. The molecule has 2 aromatic rings. The van der Waals surface area contributed by atoms with E-state index in [0.29, 0.717) is 0 Å². The Hall–Kier alpha value is -2.35. The van der Waals surface area contributed by atoms with Crippen LogP contribution in [0.4, 0.5) is 10.5 Å².